The van der Waals surface area contributed by atoms with Crippen LogP contribution in [0.1, 0.15) is 19.8 Å². The molecular weight excluding hydrogens is 174 g/mol. The first kappa shape index (κ1) is 9.45. The van der Waals surface area contributed by atoms with Gasteiger partial charge in [0.05, 0.1) is 11.6 Å². The van der Waals surface area contributed by atoms with Gasteiger partial charge in [0.1, 0.15) is 5.92 Å². The number of thiocarbonyl (C=S) groups is 1. The predicted molar refractivity (Wildman–Crippen MR) is 50.0 cm³/mol. The second kappa shape index (κ2) is 4.40. The van der Waals surface area contributed by atoms with Crippen LogP contribution in [0.25, 0.3) is 0 Å². The monoisotopic (exact) mass is 187 g/mol. The number of hydrogen-bond acceptors (Lipinski definition) is 3. The molecule has 0 spiro atoms. The summed E-state index contributed by atoms with van der Waals surface area (Å²) in [5.41, 5.74) is 0. The molecule has 0 aliphatic carbocycles. The maximum atomic E-state index is 11.3. The molecule has 1 saturated heterocycles. The highest BCUT2D eigenvalue weighted by Gasteiger charge is 2.28. The molecule has 1 aliphatic rings. The van der Waals surface area contributed by atoms with E-state index in [-0.39, 0.29) is 11.9 Å². The van der Waals surface area contributed by atoms with Crippen LogP contribution in [0.4, 0.5) is 0 Å². The minimum atomic E-state index is -0.188. The van der Waals surface area contributed by atoms with Gasteiger partial charge < -0.3 is 10.1 Å². The Labute approximate surface area is 77.5 Å². The smallest absolute Gasteiger partial charge is 0.315 e. The van der Waals surface area contributed by atoms with Crippen molar-refractivity contribution in [3.63, 3.8) is 0 Å². The average molecular weight is 187 g/mol. The zero-order valence-corrected chi connectivity index (χ0v) is 7.95. The summed E-state index contributed by atoms with van der Waals surface area (Å²) in [7, 11) is 0. The largest absolute Gasteiger partial charge is 0.465 e. The van der Waals surface area contributed by atoms with Gasteiger partial charge in [-0.3, -0.25) is 4.79 Å². The molecule has 0 aromatic heterocycles. The van der Waals surface area contributed by atoms with Gasteiger partial charge >= 0.3 is 5.97 Å². The summed E-state index contributed by atoms with van der Waals surface area (Å²) in [6.45, 7) is 3.27. The minimum absolute atomic E-state index is 0.174. The van der Waals surface area contributed by atoms with Gasteiger partial charge in [-0.15, -0.1) is 0 Å². The van der Waals surface area contributed by atoms with E-state index >= 15 is 0 Å². The molecule has 0 bridgehead atoms. The third-order valence-corrected chi connectivity index (χ3v) is 2.21. The lowest BCUT2D eigenvalue weighted by atomic mass is 10.1. The first-order valence-corrected chi connectivity index (χ1v) is 4.61. The van der Waals surface area contributed by atoms with Gasteiger partial charge in [0.15, 0.2) is 0 Å². The molecule has 0 radical (unpaired) electrons. The van der Waals surface area contributed by atoms with Crippen molar-refractivity contribution >= 4 is 23.2 Å². The topological polar surface area (TPSA) is 38.3 Å². The lowest BCUT2D eigenvalue weighted by molar-refractivity contribution is -0.145. The molecule has 1 aliphatic heterocycles. The normalized spacial score (nSPS) is 22.1. The van der Waals surface area contributed by atoms with Crippen molar-refractivity contribution in [3.05, 3.63) is 0 Å². The summed E-state index contributed by atoms with van der Waals surface area (Å²) < 4.78 is 4.98. The van der Waals surface area contributed by atoms with E-state index in [1.54, 1.807) is 0 Å². The van der Waals surface area contributed by atoms with Crippen molar-refractivity contribution in [3.8, 4) is 0 Å². The Morgan fingerprint density at radius 1 is 1.83 bits per heavy atom. The van der Waals surface area contributed by atoms with Crippen LogP contribution in [0.15, 0.2) is 0 Å². The number of rotatable bonds is 3. The standard InChI is InChI=1S/C8H13NO2S/c1-2-5-11-8(10)6-3-4-9-7(6)12/h6H,2-5H2,1H3,(H,9,12). The maximum absolute atomic E-state index is 11.3. The zero-order chi connectivity index (χ0) is 8.97. The highest BCUT2D eigenvalue weighted by molar-refractivity contribution is 7.80. The zero-order valence-electron chi connectivity index (χ0n) is 7.13. The van der Waals surface area contributed by atoms with Crippen molar-refractivity contribution in [2.24, 2.45) is 5.92 Å². The van der Waals surface area contributed by atoms with Gasteiger partial charge in [-0.2, -0.15) is 0 Å². The van der Waals surface area contributed by atoms with Crippen LogP contribution < -0.4 is 5.32 Å². The van der Waals surface area contributed by atoms with Gasteiger partial charge in [-0.05, 0) is 12.8 Å². The van der Waals surface area contributed by atoms with Gasteiger partial charge in [0, 0.05) is 6.54 Å². The Bertz CT molecular complexity index is 193. The first-order valence-electron chi connectivity index (χ1n) is 4.20. The van der Waals surface area contributed by atoms with Gasteiger partial charge in [-0.1, -0.05) is 19.1 Å². The molecule has 1 heterocycles. The van der Waals surface area contributed by atoms with Gasteiger partial charge in [0.25, 0.3) is 0 Å². The Hall–Kier alpha value is -0.640. The van der Waals surface area contributed by atoms with Crippen LogP contribution in [0.3, 0.4) is 0 Å². The Balaban J connectivity index is 2.36. The SMILES string of the molecule is CCCOC(=O)C1CCNC1=S. The Morgan fingerprint density at radius 2 is 2.58 bits per heavy atom. The summed E-state index contributed by atoms with van der Waals surface area (Å²) in [4.78, 5) is 11.9. The van der Waals surface area contributed by atoms with Crippen molar-refractivity contribution in [2.45, 2.75) is 19.8 Å². The molecule has 12 heavy (non-hydrogen) atoms. The molecule has 0 aromatic rings. The van der Waals surface area contributed by atoms with E-state index in [0.717, 1.165) is 19.4 Å². The molecule has 1 N–H and O–H groups in total. The summed E-state index contributed by atoms with van der Waals surface area (Å²) in [6, 6.07) is 0. The fraction of sp³-hybridized carbons (Fsp3) is 0.750. The second-order valence-electron chi connectivity index (χ2n) is 2.80. The number of hydrogen-bond donors (Lipinski definition) is 1. The average Bonchev–Trinajstić information content (AvgIpc) is 2.47. The van der Waals surface area contributed by atoms with Crippen LogP contribution in [0.5, 0.6) is 0 Å². The van der Waals surface area contributed by atoms with Crippen molar-refractivity contribution in [1.82, 2.24) is 5.32 Å². The molecule has 1 atom stereocenters. The van der Waals surface area contributed by atoms with Crippen molar-refractivity contribution in [1.29, 1.82) is 0 Å². The lowest BCUT2D eigenvalue weighted by Crippen LogP contribution is -2.25. The van der Waals surface area contributed by atoms with Crippen LogP contribution in [-0.2, 0) is 9.53 Å². The minimum Gasteiger partial charge on any atom is -0.465 e. The molecule has 0 amide bonds. The van der Waals surface area contributed by atoms with E-state index in [0.29, 0.717) is 11.6 Å². The van der Waals surface area contributed by atoms with Crippen molar-refractivity contribution in [2.75, 3.05) is 13.2 Å². The molecule has 0 saturated carbocycles. The van der Waals surface area contributed by atoms with E-state index in [1.807, 2.05) is 6.92 Å². The van der Waals surface area contributed by atoms with E-state index in [1.165, 1.54) is 0 Å². The van der Waals surface area contributed by atoms with Gasteiger partial charge in [0.2, 0.25) is 0 Å². The lowest BCUT2D eigenvalue weighted by Gasteiger charge is -2.07. The summed E-state index contributed by atoms with van der Waals surface area (Å²) in [5.74, 6) is -0.363. The fourth-order valence-corrected chi connectivity index (χ4v) is 1.44. The van der Waals surface area contributed by atoms with Crippen LogP contribution >= 0.6 is 12.2 Å². The number of carbonyl (C=O) groups excluding carboxylic acids is 1. The second-order valence-corrected chi connectivity index (χ2v) is 3.24. The third kappa shape index (κ3) is 2.17. The van der Waals surface area contributed by atoms with Crippen LogP contribution in [0.2, 0.25) is 0 Å². The highest BCUT2D eigenvalue weighted by Crippen LogP contribution is 2.12. The predicted octanol–water partition coefficient (Wildman–Crippen LogP) is 0.877. The van der Waals surface area contributed by atoms with Crippen LogP contribution in [0, 0.1) is 5.92 Å². The molecule has 4 heteroatoms. The van der Waals surface area contributed by atoms with Crippen LogP contribution in [-0.4, -0.2) is 24.1 Å². The number of carbonyl (C=O) groups is 1. The Morgan fingerprint density at radius 3 is 3.08 bits per heavy atom. The van der Waals surface area contributed by atoms with E-state index in [4.69, 9.17) is 17.0 Å². The summed E-state index contributed by atoms with van der Waals surface area (Å²) in [6.07, 6.45) is 1.64. The van der Waals surface area contributed by atoms with E-state index in [2.05, 4.69) is 5.32 Å². The van der Waals surface area contributed by atoms with E-state index < -0.39 is 0 Å². The molecule has 0 aromatic carbocycles. The first-order chi connectivity index (χ1) is 5.75. The molecule has 3 nitrogen and oxygen atoms in total. The number of ether oxygens (including phenoxy) is 1. The molecule has 68 valence electrons. The third-order valence-electron chi connectivity index (χ3n) is 1.78. The number of nitrogens with one attached hydrogen (secondary N) is 1. The molecule has 1 unspecified atom stereocenters. The highest BCUT2D eigenvalue weighted by atomic mass is 32.1. The summed E-state index contributed by atoms with van der Waals surface area (Å²) >= 11 is 4.96. The number of esters is 1. The molecule has 1 rings (SSSR count). The fourth-order valence-electron chi connectivity index (χ4n) is 1.12. The van der Waals surface area contributed by atoms with Gasteiger partial charge in [-0.25, -0.2) is 0 Å². The summed E-state index contributed by atoms with van der Waals surface area (Å²) in [5, 5.41) is 2.96. The quantitative estimate of drug-likeness (QED) is 0.526. The Kier molecular flexibility index (Phi) is 3.47. The van der Waals surface area contributed by atoms with E-state index in [9.17, 15) is 4.79 Å². The maximum Gasteiger partial charge on any atom is 0.315 e. The molecular formula is C8H13NO2S. The van der Waals surface area contributed by atoms with Crippen molar-refractivity contribution < 1.29 is 9.53 Å². The molecule has 1 fully saturated rings.